The van der Waals surface area contributed by atoms with Crippen molar-refractivity contribution in [1.29, 1.82) is 0 Å². The number of hydrazine groups is 1. The molecule has 0 aliphatic heterocycles. The molecule has 0 aliphatic rings. The van der Waals surface area contributed by atoms with Crippen LogP contribution in [0.2, 0.25) is 0 Å². The quantitative estimate of drug-likeness (QED) is 0.257. The van der Waals surface area contributed by atoms with Crippen molar-refractivity contribution in [1.82, 2.24) is 15.0 Å². The van der Waals surface area contributed by atoms with E-state index >= 15 is 0 Å². The molecule has 0 fully saturated rings. The minimum absolute atomic E-state index is 0.101. The van der Waals surface area contributed by atoms with E-state index in [0.29, 0.717) is 24.9 Å². The Kier molecular flexibility index (Phi) is 6.52. The number of anilines is 3. The lowest BCUT2D eigenvalue weighted by Gasteiger charge is -2.19. The maximum Gasteiger partial charge on any atom is 0.243 e. The van der Waals surface area contributed by atoms with Crippen LogP contribution in [0.3, 0.4) is 0 Å². The first kappa shape index (κ1) is 17.3. The molecule has 21 heavy (non-hydrogen) atoms. The fraction of sp³-hybridized carbons (Fsp3) is 0.700. The van der Waals surface area contributed by atoms with E-state index in [2.05, 4.69) is 25.7 Å². The zero-order chi connectivity index (χ0) is 15.9. The van der Waals surface area contributed by atoms with Crippen LogP contribution < -0.4 is 26.6 Å². The van der Waals surface area contributed by atoms with Crippen molar-refractivity contribution >= 4 is 27.9 Å². The molecule has 0 saturated carbocycles. The molecule has 1 rings (SSSR count). The highest BCUT2D eigenvalue weighted by Crippen LogP contribution is 2.12. The number of nitrogen functional groups attached to an aromatic ring is 1. The Bertz CT molecular complexity index is 546. The number of hydrogen-bond donors (Lipinski definition) is 4. The van der Waals surface area contributed by atoms with E-state index in [1.54, 1.807) is 0 Å². The minimum atomic E-state index is -3.45. The third-order valence-electron chi connectivity index (χ3n) is 2.69. The summed E-state index contributed by atoms with van der Waals surface area (Å²) in [6.45, 7) is 5.84. The second kappa shape index (κ2) is 7.90. The lowest BCUT2D eigenvalue weighted by Crippen LogP contribution is -2.26. The smallest absolute Gasteiger partial charge is 0.243 e. The topological polar surface area (TPSA) is 152 Å². The first-order valence-electron chi connectivity index (χ1n) is 6.61. The Balaban J connectivity index is 2.75. The van der Waals surface area contributed by atoms with Gasteiger partial charge in [-0.2, -0.15) is 15.0 Å². The van der Waals surface area contributed by atoms with Gasteiger partial charge in [0.25, 0.3) is 0 Å². The van der Waals surface area contributed by atoms with Crippen LogP contribution in [0.5, 0.6) is 0 Å². The third kappa shape index (κ3) is 6.06. The van der Waals surface area contributed by atoms with Crippen LogP contribution in [0.1, 0.15) is 20.3 Å². The Morgan fingerprint density at radius 1 is 1.14 bits per heavy atom. The number of hydrogen-bond acceptors (Lipinski definition) is 9. The molecule has 0 amide bonds. The highest BCUT2D eigenvalue weighted by atomic mass is 32.2. The average Bonchev–Trinajstić information content (AvgIpc) is 2.44. The van der Waals surface area contributed by atoms with Gasteiger partial charge in [-0.05, 0) is 20.3 Å². The summed E-state index contributed by atoms with van der Waals surface area (Å²) in [6.07, 6.45) is 0.358. The molecule has 10 nitrogen and oxygen atoms in total. The van der Waals surface area contributed by atoms with Crippen LogP contribution >= 0.6 is 0 Å². The number of nitrogens with one attached hydrogen (secondary N) is 2. The molecular weight excluding hydrogens is 296 g/mol. The van der Waals surface area contributed by atoms with E-state index in [-0.39, 0.29) is 11.7 Å². The van der Waals surface area contributed by atoms with Gasteiger partial charge in [0.2, 0.25) is 27.9 Å². The van der Waals surface area contributed by atoms with Gasteiger partial charge in [0.15, 0.2) is 0 Å². The molecule has 6 N–H and O–H groups in total. The van der Waals surface area contributed by atoms with E-state index < -0.39 is 10.0 Å². The van der Waals surface area contributed by atoms with Gasteiger partial charge >= 0.3 is 0 Å². The molecule has 0 unspecified atom stereocenters. The molecule has 1 aromatic heterocycles. The standard InChI is InChI=1S/C10H22N8O2S/c1-3-18(4-2)10-15-8(14-9(16-10)17-11)13-6-5-7-21(12,19)20/h3-7,11H2,1-2H3,(H2,12,19,20)(H2,13,14,15,16,17). The van der Waals surface area contributed by atoms with Crippen molar-refractivity contribution in [2.24, 2.45) is 11.0 Å². The summed E-state index contributed by atoms with van der Waals surface area (Å²) in [5, 5.41) is 7.86. The van der Waals surface area contributed by atoms with Crippen molar-refractivity contribution in [3.63, 3.8) is 0 Å². The summed E-state index contributed by atoms with van der Waals surface area (Å²) in [6, 6.07) is 0. The Labute approximate surface area is 124 Å². The van der Waals surface area contributed by atoms with Crippen molar-refractivity contribution in [2.45, 2.75) is 20.3 Å². The number of nitrogens with zero attached hydrogens (tertiary/aromatic N) is 4. The van der Waals surface area contributed by atoms with E-state index in [0.717, 1.165) is 13.1 Å². The van der Waals surface area contributed by atoms with E-state index in [9.17, 15) is 8.42 Å². The van der Waals surface area contributed by atoms with Gasteiger partial charge in [-0.1, -0.05) is 0 Å². The zero-order valence-electron chi connectivity index (χ0n) is 12.2. The summed E-state index contributed by atoms with van der Waals surface area (Å²) in [5.41, 5.74) is 2.38. The van der Waals surface area contributed by atoms with Crippen LogP contribution in [-0.2, 0) is 10.0 Å². The molecule has 0 radical (unpaired) electrons. The summed E-state index contributed by atoms with van der Waals surface area (Å²) in [5.74, 6) is 6.30. The summed E-state index contributed by atoms with van der Waals surface area (Å²) >= 11 is 0. The number of sulfonamides is 1. The molecule has 0 aromatic carbocycles. The third-order valence-corrected chi connectivity index (χ3v) is 3.55. The molecule has 0 saturated heterocycles. The normalized spacial score (nSPS) is 11.2. The Morgan fingerprint density at radius 3 is 2.29 bits per heavy atom. The SMILES string of the molecule is CCN(CC)c1nc(NN)nc(NCCCS(N)(=O)=O)n1. The lowest BCUT2D eigenvalue weighted by atomic mass is 10.5. The van der Waals surface area contributed by atoms with E-state index in [4.69, 9.17) is 11.0 Å². The van der Waals surface area contributed by atoms with Crippen molar-refractivity contribution < 1.29 is 8.42 Å². The molecule has 1 aromatic rings. The monoisotopic (exact) mass is 318 g/mol. The van der Waals surface area contributed by atoms with Gasteiger partial charge in [-0.15, -0.1) is 0 Å². The maximum absolute atomic E-state index is 10.8. The molecule has 120 valence electrons. The number of aromatic nitrogens is 3. The first-order valence-corrected chi connectivity index (χ1v) is 8.33. The van der Waals surface area contributed by atoms with Gasteiger partial charge in [-0.3, -0.25) is 5.43 Å². The van der Waals surface area contributed by atoms with Crippen LogP contribution in [0.25, 0.3) is 0 Å². The fourth-order valence-electron chi connectivity index (χ4n) is 1.63. The number of primary sulfonamides is 1. The van der Waals surface area contributed by atoms with Gasteiger partial charge in [-0.25, -0.2) is 19.4 Å². The van der Waals surface area contributed by atoms with E-state index in [1.165, 1.54) is 0 Å². The van der Waals surface area contributed by atoms with Crippen molar-refractivity contribution in [3.8, 4) is 0 Å². The Hall–Kier alpha value is -1.72. The molecule has 0 bridgehead atoms. The van der Waals surface area contributed by atoms with Crippen LogP contribution in [0.15, 0.2) is 0 Å². The maximum atomic E-state index is 10.8. The number of rotatable bonds is 9. The van der Waals surface area contributed by atoms with Gasteiger partial charge < -0.3 is 10.2 Å². The molecule has 1 heterocycles. The lowest BCUT2D eigenvalue weighted by molar-refractivity contribution is 0.595. The van der Waals surface area contributed by atoms with E-state index in [1.807, 2.05) is 18.7 Å². The average molecular weight is 318 g/mol. The van der Waals surface area contributed by atoms with Gasteiger partial charge in [0.1, 0.15) is 0 Å². The highest BCUT2D eigenvalue weighted by Gasteiger charge is 2.10. The summed E-state index contributed by atoms with van der Waals surface area (Å²) < 4.78 is 21.7. The molecular formula is C10H22N8O2S. The molecule has 0 aliphatic carbocycles. The molecule has 0 spiro atoms. The number of nitrogens with two attached hydrogens (primary N) is 2. The predicted octanol–water partition coefficient (Wildman–Crippen LogP) is -0.906. The summed E-state index contributed by atoms with van der Waals surface area (Å²) in [4.78, 5) is 14.4. The van der Waals surface area contributed by atoms with Gasteiger partial charge in [0.05, 0.1) is 5.75 Å². The van der Waals surface area contributed by atoms with Crippen molar-refractivity contribution in [2.75, 3.05) is 41.0 Å². The predicted molar refractivity (Wildman–Crippen MR) is 82.3 cm³/mol. The minimum Gasteiger partial charge on any atom is -0.354 e. The first-order chi connectivity index (χ1) is 9.89. The van der Waals surface area contributed by atoms with Crippen LogP contribution in [-0.4, -0.2) is 48.8 Å². The largest absolute Gasteiger partial charge is 0.354 e. The summed E-state index contributed by atoms with van der Waals surface area (Å²) in [7, 11) is -3.45. The second-order valence-corrected chi connectivity index (χ2v) is 5.98. The Morgan fingerprint density at radius 2 is 1.76 bits per heavy atom. The molecule has 11 heteroatoms. The zero-order valence-corrected chi connectivity index (χ0v) is 13.0. The second-order valence-electron chi connectivity index (χ2n) is 4.25. The fourth-order valence-corrected chi connectivity index (χ4v) is 2.18. The van der Waals surface area contributed by atoms with Crippen LogP contribution in [0.4, 0.5) is 17.8 Å². The van der Waals surface area contributed by atoms with Crippen molar-refractivity contribution in [3.05, 3.63) is 0 Å². The van der Waals surface area contributed by atoms with Crippen LogP contribution in [0, 0.1) is 0 Å². The molecule has 0 atom stereocenters. The van der Waals surface area contributed by atoms with Gasteiger partial charge in [0, 0.05) is 19.6 Å². The highest BCUT2D eigenvalue weighted by molar-refractivity contribution is 7.89.